The molecule has 0 spiro atoms. The van der Waals surface area contributed by atoms with Gasteiger partial charge in [0.2, 0.25) is 5.60 Å². The molecule has 0 saturated carbocycles. The van der Waals surface area contributed by atoms with Crippen molar-refractivity contribution in [3.63, 3.8) is 0 Å². The largest absolute Gasteiger partial charge is 0.507 e. The number of ether oxygens (including phenoxy) is 4. The number of nitrogens with zero attached hydrogens (tertiary/aromatic N) is 1. The summed E-state index contributed by atoms with van der Waals surface area (Å²) in [4.78, 5) is 67.6. The summed E-state index contributed by atoms with van der Waals surface area (Å²) in [5.41, 5.74) is -2.00. The number of aliphatic hydroxyl groups is 1. The number of aromatic carboxylic acids is 1. The van der Waals surface area contributed by atoms with Gasteiger partial charge in [0.25, 0.3) is 0 Å². The van der Waals surface area contributed by atoms with Crippen molar-refractivity contribution in [1.29, 1.82) is 0 Å². The lowest BCUT2D eigenvalue weighted by Gasteiger charge is -2.30. The first-order chi connectivity index (χ1) is 23.7. The number of aromatic hydroxyl groups is 2. The zero-order valence-electron chi connectivity index (χ0n) is 29.0. The maximum Gasteiger partial charge on any atom is 0.356 e. The van der Waals surface area contributed by atoms with Gasteiger partial charge in [-0.05, 0) is 117 Å². The Morgan fingerprint density at radius 3 is 1.94 bits per heavy atom. The summed E-state index contributed by atoms with van der Waals surface area (Å²) in [5.74, 6) is -6.98. The third-order valence-corrected chi connectivity index (χ3v) is 9.51. The zero-order chi connectivity index (χ0) is 38.4. The molecular formula is C36H34BrNO13. The summed E-state index contributed by atoms with van der Waals surface area (Å²) in [6, 6.07) is 1.32. The fourth-order valence-electron chi connectivity index (χ4n) is 5.52. The maximum atomic E-state index is 13.5. The number of hydrogen-bond acceptors (Lipinski definition) is 13. The number of aromatic nitrogens is 1. The molecule has 51 heavy (non-hydrogen) atoms. The maximum absolute atomic E-state index is 13.5. The molecule has 4 N–H and O–H groups in total. The minimum Gasteiger partial charge on any atom is -0.507 e. The van der Waals surface area contributed by atoms with E-state index in [2.05, 4.69) is 20.9 Å². The second-order valence-corrected chi connectivity index (χ2v) is 12.7. The number of rotatable bonds is 8. The number of esters is 3. The number of halogens is 1. The number of phenolic OH excluding ortho intramolecular Hbond substituents is 2. The van der Waals surface area contributed by atoms with Crippen LogP contribution in [0.3, 0.4) is 0 Å². The van der Waals surface area contributed by atoms with Crippen LogP contribution in [0.1, 0.15) is 77.2 Å². The Balaban J connectivity index is 1.65. The standard InChI is InChI=1S/C36H34BrNO13/c1-13-10-22(19(7)28(40)24(13)33(44)50-30-18(6)16(4)27(32(42)43)38-20(30)8)49-34(45)25-15(3)17(5)31(26(37)29(25)41)51-35(46)36(47)14(2)11-21(39)12-23(36)48-9/h10-12,40-41,47H,1-9H3,(H,42,43)/t36-/m1/s1. The monoisotopic (exact) mass is 767 g/mol. The Kier molecular flexibility index (Phi) is 10.5. The Morgan fingerprint density at radius 2 is 1.35 bits per heavy atom. The van der Waals surface area contributed by atoms with E-state index in [1.54, 1.807) is 6.92 Å². The van der Waals surface area contributed by atoms with Crippen LogP contribution >= 0.6 is 15.9 Å². The predicted octanol–water partition coefficient (Wildman–Crippen LogP) is 5.25. The molecule has 15 heteroatoms. The lowest BCUT2D eigenvalue weighted by molar-refractivity contribution is -0.151. The fraction of sp³-hybridized carbons (Fsp3) is 0.278. The van der Waals surface area contributed by atoms with Crippen LogP contribution in [-0.4, -0.2) is 67.8 Å². The fourth-order valence-corrected chi connectivity index (χ4v) is 6.09. The minimum absolute atomic E-state index is 0.0204. The van der Waals surface area contributed by atoms with Gasteiger partial charge in [0, 0.05) is 11.6 Å². The normalized spacial score (nSPS) is 15.5. The summed E-state index contributed by atoms with van der Waals surface area (Å²) in [6.07, 6.45) is 1.99. The number of carbonyl (C=O) groups is 5. The van der Waals surface area contributed by atoms with E-state index >= 15 is 0 Å². The highest BCUT2D eigenvalue weighted by Crippen LogP contribution is 2.44. The van der Waals surface area contributed by atoms with Gasteiger partial charge in [0.05, 0.1) is 12.8 Å². The lowest BCUT2D eigenvalue weighted by Crippen LogP contribution is -2.47. The average Bonchev–Trinajstić information content (AvgIpc) is 3.05. The topological polar surface area (TPSA) is 216 Å². The van der Waals surface area contributed by atoms with Gasteiger partial charge in [0.1, 0.15) is 38.6 Å². The van der Waals surface area contributed by atoms with Gasteiger partial charge in [-0.1, -0.05) is 0 Å². The molecule has 0 unspecified atom stereocenters. The van der Waals surface area contributed by atoms with Crippen LogP contribution in [0.4, 0.5) is 0 Å². The van der Waals surface area contributed by atoms with Crippen molar-refractivity contribution in [2.45, 2.75) is 61.0 Å². The first-order valence-electron chi connectivity index (χ1n) is 15.1. The van der Waals surface area contributed by atoms with Gasteiger partial charge in [-0.15, -0.1) is 0 Å². The van der Waals surface area contributed by atoms with Crippen LogP contribution in [0.5, 0.6) is 28.7 Å². The van der Waals surface area contributed by atoms with Crippen molar-refractivity contribution in [1.82, 2.24) is 4.98 Å². The number of methoxy groups -OCH3 is 1. The molecule has 4 rings (SSSR count). The van der Waals surface area contributed by atoms with E-state index in [0.29, 0.717) is 11.1 Å². The number of ketones is 1. The van der Waals surface area contributed by atoms with Crippen LogP contribution in [0, 0.1) is 48.5 Å². The van der Waals surface area contributed by atoms with Crippen molar-refractivity contribution in [2.75, 3.05) is 7.11 Å². The number of pyridine rings is 1. The van der Waals surface area contributed by atoms with Crippen molar-refractivity contribution in [2.24, 2.45) is 0 Å². The molecule has 2 aromatic carbocycles. The molecule has 14 nitrogen and oxygen atoms in total. The second kappa shape index (κ2) is 14.0. The van der Waals surface area contributed by atoms with Crippen LogP contribution in [0.2, 0.25) is 0 Å². The van der Waals surface area contributed by atoms with Gasteiger partial charge in [0.15, 0.2) is 23.0 Å². The molecule has 0 fully saturated rings. The number of carboxylic acid groups (broad SMARTS) is 1. The number of hydrogen-bond donors (Lipinski definition) is 4. The molecule has 1 atom stereocenters. The number of aryl methyl sites for hydroxylation is 2. The van der Waals surface area contributed by atoms with E-state index < -0.39 is 46.8 Å². The van der Waals surface area contributed by atoms with Crippen LogP contribution < -0.4 is 14.2 Å². The summed E-state index contributed by atoms with van der Waals surface area (Å²) in [5, 5.41) is 42.8. The third kappa shape index (κ3) is 6.57. The zero-order valence-corrected chi connectivity index (χ0v) is 30.6. The van der Waals surface area contributed by atoms with Crippen molar-refractivity contribution in [3.05, 3.63) is 89.9 Å². The summed E-state index contributed by atoms with van der Waals surface area (Å²) in [7, 11) is 1.17. The third-order valence-electron chi connectivity index (χ3n) is 8.77. The molecule has 268 valence electrons. The van der Waals surface area contributed by atoms with Crippen LogP contribution in [0.25, 0.3) is 0 Å². The minimum atomic E-state index is -2.45. The van der Waals surface area contributed by atoms with E-state index in [9.17, 15) is 44.4 Å². The quantitative estimate of drug-likeness (QED) is 0.170. The summed E-state index contributed by atoms with van der Waals surface area (Å²) in [6.45, 7) is 11.7. The number of benzene rings is 2. The molecule has 0 aliphatic heterocycles. The highest BCUT2D eigenvalue weighted by molar-refractivity contribution is 9.10. The van der Waals surface area contributed by atoms with Crippen LogP contribution in [-0.2, 0) is 14.3 Å². The highest BCUT2D eigenvalue weighted by atomic mass is 79.9. The first-order valence-corrected chi connectivity index (χ1v) is 15.9. The van der Waals surface area contributed by atoms with E-state index in [0.717, 1.165) is 12.2 Å². The summed E-state index contributed by atoms with van der Waals surface area (Å²) < 4.78 is 21.5. The van der Waals surface area contributed by atoms with E-state index in [4.69, 9.17) is 18.9 Å². The Labute approximate surface area is 300 Å². The lowest BCUT2D eigenvalue weighted by atomic mass is 9.87. The smallest absolute Gasteiger partial charge is 0.356 e. The van der Waals surface area contributed by atoms with Crippen molar-refractivity contribution < 1.29 is 63.3 Å². The molecule has 1 aliphatic rings. The van der Waals surface area contributed by atoms with Gasteiger partial charge in [-0.3, -0.25) is 4.79 Å². The number of phenols is 2. The predicted molar refractivity (Wildman–Crippen MR) is 183 cm³/mol. The van der Waals surface area contributed by atoms with E-state index in [1.807, 2.05) is 0 Å². The number of carbonyl (C=O) groups excluding carboxylic acids is 4. The van der Waals surface area contributed by atoms with Crippen molar-refractivity contribution in [3.8, 4) is 28.7 Å². The molecule has 0 radical (unpaired) electrons. The van der Waals surface area contributed by atoms with Gasteiger partial charge >= 0.3 is 23.9 Å². The van der Waals surface area contributed by atoms with E-state index in [1.165, 1.54) is 61.6 Å². The molecule has 0 saturated heterocycles. The molecular weight excluding hydrogens is 734 g/mol. The summed E-state index contributed by atoms with van der Waals surface area (Å²) >= 11 is 3.16. The SMILES string of the molecule is COC1=CC(=O)C=C(C)[C@]1(O)C(=O)Oc1c(C)c(C)c(C(=O)Oc2cc(C)c(C(=O)Oc3c(C)nc(C(=O)O)c(C)c3C)c(O)c2C)c(O)c1Br. The molecule has 0 amide bonds. The molecule has 1 heterocycles. The Hall–Kier alpha value is -5.54. The van der Waals surface area contributed by atoms with E-state index in [-0.39, 0.29) is 77.8 Å². The Bertz CT molecular complexity index is 2120. The molecule has 1 aliphatic carbocycles. The average molecular weight is 769 g/mol. The van der Waals surface area contributed by atoms with Crippen LogP contribution in [0.15, 0.2) is 34.0 Å². The molecule has 1 aromatic heterocycles. The Morgan fingerprint density at radius 1 is 0.765 bits per heavy atom. The first kappa shape index (κ1) is 38.3. The molecule has 0 bridgehead atoms. The second-order valence-electron chi connectivity index (χ2n) is 11.9. The number of carboxylic acids is 1. The van der Waals surface area contributed by atoms with Crippen molar-refractivity contribution >= 4 is 45.6 Å². The van der Waals surface area contributed by atoms with Gasteiger partial charge in [-0.25, -0.2) is 24.2 Å². The molecule has 3 aromatic rings. The highest BCUT2D eigenvalue weighted by Gasteiger charge is 2.48. The number of allylic oxidation sites excluding steroid dienone is 2. The van der Waals surface area contributed by atoms with Gasteiger partial charge < -0.3 is 39.4 Å². The van der Waals surface area contributed by atoms with Gasteiger partial charge in [-0.2, -0.15) is 0 Å².